The number of fused-ring (bicyclic) bond motifs is 1. The molecule has 2 aromatic rings. The van der Waals surface area contributed by atoms with Crippen LogP contribution in [0.25, 0.3) is 10.9 Å². The van der Waals surface area contributed by atoms with Crippen LogP contribution in [0.1, 0.15) is 13.3 Å². The van der Waals surface area contributed by atoms with Crippen molar-refractivity contribution in [3.05, 3.63) is 60.3 Å². The summed E-state index contributed by atoms with van der Waals surface area (Å²) in [6.45, 7) is 1.78. The van der Waals surface area contributed by atoms with Gasteiger partial charge < -0.3 is 0 Å². The zero-order valence-corrected chi connectivity index (χ0v) is 14.1. The first kappa shape index (κ1) is 14.6. The van der Waals surface area contributed by atoms with Gasteiger partial charge in [-0.15, -0.1) is 0 Å². The molecule has 1 heterocycles. The molecule has 0 N–H and O–H groups in total. The highest BCUT2D eigenvalue weighted by molar-refractivity contribution is 9.09. The Kier molecular flexibility index (Phi) is 3.58. The number of rotatable bonds is 3. The number of para-hydroxylation sites is 1. The largest absolute Gasteiger partial charge is 0.248 e. The van der Waals surface area contributed by atoms with Crippen LogP contribution in [0.2, 0.25) is 0 Å². The lowest BCUT2D eigenvalue weighted by Gasteiger charge is -2.29. The minimum Gasteiger partial charge on any atom is -0.244 e. The van der Waals surface area contributed by atoms with Crippen molar-refractivity contribution in [2.45, 2.75) is 18.1 Å². The van der Waals surface area contributed by atoms with E-state index in [1.165, 1.54) is 3.97 Å². The van der Waals surface area contributed by atoms with Crippen LogP contribution >= 0.6 is 15.9 Å². The molecule has 0 aliphatic heterocycles. The van der Waals surface area contributed by atoms with Crippen molar-refractivity contribution in [3.63, 3.8) is 0 Å². The van der Waals surface area contributed by atoms with Gasteiger partial charge in [-0.2, -0.15) is 0 Å². The molecule has 110 valence electrons. The van der Waals surface area contributed by atoms with Gasteiger partial charge in [0.25, 0.3) is 0 Å². The first-order chi connectivity index (χ1) is 9.98. The second-order valence-electron chi connectivity index (χ2n) is 5.48. The smallest absolute Gasteiger partial charge is 0.244 e. The van der Waals surface area contributed by atoms with Crippen LogP contribution in [-0.4, -0.2) is 22.5 Å². The summed E-state index contributed by atoms with van der Waals surface area (Å²) in [7, 11) is -3.52. The average Bonchev–Trinajstić information content (AvgIpc) is 2.91. The van der Waals surface area contributed by atoms with E-state index in [4.69, 9.17) is 0 Å². The highest BCUT2D eigenvalue weighted by atomic mass is 79.9. The Balaban J connectivity index is 2.13. The Morgan fingerprint density at radius 1 is 1.29 bits per heavy atom. The summed E-state index contributed by atoms with van der Waals surface area (Å²) < 4.78 is 26.7. The van der Waals surface area contributed by atoms with E-state index in [1.807, 2.05) is 42.5 Å². The molecule has 0 radical (unpaired) electrons. The Morgan fingerprint density at radius 2 is 2.05 bits per heavy atom. The normalized spacial score (nSPS) is 22.5. The van der Waals surface area contributed by atoms with E-state index >= 15 is 0 Å². The number of hydrogen-bond acceptors (Lipinski definition) is 2. The van der Waals surface area contributed by atoms with Gasteiger partial charge in [-0.25, -0.2) is 12.4 Å². The maximum atomic E-state index is 13.1. The molecule has 1 aliphatic carbocycles. The highest BCUT2D eigenvalue weighted by Crippen LogP contribution is 2.34. The van der Waals surface area contributed by atoms with Gasteiger partial charge in [-0.05, 0) is 25.5 Å². The maximum absolute atomic E-state index is 13.1. The minimum absolute atomic E-state index is 0.504. The topological polar surface area (TPSA) is 39.1 Å². The first-order valence-electron chi connectivity index (χ1n) is 6.72. The summed E-state index contributed by atoms with van der Waals surface area (Å²) in [5, 5.41) is 1.62. The number of nitrogens with zero attached hydrogens (tertiary/aromatic N) is 1. The lowest BCUT2D eigenvalue weighted by atomic mass is 9.96. The quantitative estimate of drug-likeness (QED) is 0.774. The van der Waals surface area contributed by atoms with Crippen LogP contribution in [0.5, 0.6) is 0 Å². The third kappa shape index (κ3) is 2.28. The van der Waals surface area contributed by atoms with Gasteiger partial charge in [0.1, 0.15) is 4.75 Å². The molecule has 3 rings (SSSR count). The van der Waals surface area contributed by atoms with Gasteiger partial charge in [-0.1, -0.05) is 57.9 Å². The SMILES string of the molecule is CC1(S(=O)(=O)n2ccc3ccccc32)C=CC=C(CBr)C1. The lowest BCUT2D eigenvalue weighted by Crippen LogP contribution is -2.39. The van der Waals surface area contributed by atoms with Crippen LogP contribution < -0.4 is 0 Å². The zero-order chi connectivity index (χ0) is 15.1. The molecule has 0 fully saturated rings. The van der Waals surface area contributed by atoms with Gasteiger partial charge in [-0.3, -0.25) is 0 Å². The van der Waals surface area contributed by atoms with E-state index in [9.17, 15) is 8.42 Å². The molecule has 1 aliphatic rings. The van der Waals surface area contributed by atoms with E-state index in [0.29, 0.717) is 11.8 Å². The van der Waals surface area contributed by atoms with Crippen molar-refractivity contribution in [2.24, 2.45) is 0 Å². The molecule has 1 aromatic carbocycles. The number of alkyl halides is 1. The molecule has 5 heteroatoms. The van der Waals surface area contributed by atoms with Crippen molar-refractivity contribution in [2.75, 3.05) is 5.33 Å². The Morgan fingerprint density at radius 3 is 2.81 bits per heavy atom. The molecule has 3 nitrogen and oxygen atoms in total. The van der Waals surface area contributed by atoms with Crippen LogP contribution in [-0.2, 0) is 10.0 Å². The van der Waals surface area contributed by atoms with E-state index in [0.717, 1.165) is 16.5 Å². The number of halogens is 1. The Hall–Kier alpha value is -1.33. The predicted octanol–water partition coefficient (Wildman–Crippen LogP) is 3.86. The molecule has 1 atom stereocenters. The number of hydrogen-bond donors (Lipinski definition) is 0. The molecule has 1 aromatic heterocycles. The second-order valence-corrected chi connectivity index (χ2v) is 8.32. The van der Waals surface area contributed by atoms with E-state index in [-0.39, 0.29) is 0 Å². The third-order valence-corrected chi connectivity index (χ3v) is 6.96. The summed E-state index contributed by atoms with van der Waals surface area (Å²) in [5.74, 6) is 0. The summed E-state index contributed by atoms with van der Waals surface area (Å²) in [5.41, 5.74) is 1.81. The molecule has 0 spiro atoms. The number of aromatic nitrogens is 1. The van der Waals surface area contributed by atoms with Crippen molar-refractivity contribution < 1.29 is 8.42 Å². The number of allylic oxidation sites excluding steroid dienone is 3. The standard InChI is InChI=1S/C16H16BrNO2S/c1-16(9-4-5-13(11-16)12-17)21(19,20)18-10-8-14-6-2-3-7-15(14)18/h2-10H,11-12H2,1H3. The van der Waals surface area contributed by atoms with Crippen LogP contribution in [0.4, 0.5) is 0 Å². The average molecular weight is 366 g/mol. The van der Waals surface area contributed by atoms with Crippen LogP contribution in [0.3, 0.4) is 0 Å². The summed E-state index contributed by atoms with van der Waals surface area (Å²) in [6.07, 6.45) is 7.74. The fraction of sp³-hybridized carbons (Fsp3) is 0.250. The van der Waals surface area contributed by atoms with Crippen molar-refractivity contribution in [1.82, 2.24) is 3.97 Å². The second kappa shape index (κ2) is 5.14. The van der Waals surface area contributed by atoms with E-state index in [1.54, 1.807) is 19.2 Å². The maximum Gasteiger partial charge on any atom is 0.248 e. The van der Waals surface area contributed by atoms with Gasteiger partial charge >= 0.3 is 0 Å². The Bertz CT molecular complexity index is 848. The summed E-state index contributed by atoms with van der Waals surface area (Å²) >= 11 is 3.41. The van der Waals surface area contributed by atoms with Gasteiger partial charge in [0.2, 0.25) is 10.0 Å². The van der Waals surface area contributed by atoms with Crippen molar-refractivity contribution >= 4 is 36.9 Å². The minimum atomic E-state index is -3.52. The highest BCUT2D eigenvalue weighted by Gasteiger charge is 2.40. The van der Waals surface area contributed by atoms with Crippen molar-refractivity contribution in [3.8, 4) is 0 Å². The van der Waals surface area contributed by atoms with E-state index in [2.05, 4.69) is 15.9 Å². The molecule has 0 bridgehead atoms. The van der Waals surface area contributed by atoms with Gasteiger partial charge in [0, 0.05) is 16.9 Å². The fourth-order valence-corrected chi connectivity index (χ4v) is 4.82. The summed E-state index contributed by atoms with van der Waals surface area (Å²) in [6, 6.07) is 9.36. The molecular weight excluding hydrogens is 350 g/mol. The molecule has 0 amide bonds. The van der Waals surface area contributed by atoms with Crippen LogP contribution in [0, 0.1) is 0 Å². The monoisotopic (exact) mass is 365 g/mol. The fourth-order valence-electron chi connectivity index (χ4n) is 2.72. The molecule has 0 saturated heterocycles. The predicted molar refractivity (Wildman–Crippen MR) is 90.3 cm³/mol. The zero-order valence-electron chi connectivity index (χ0n) is 11.7. The molecule has 0 saturated carbocycles. The Labute approximate surface area is 133 Å². The molecular formula is C16H16BrNO2S. The first-order valence-corrected chi connectivity index (χ1v) is 9.28. The van der Waals surface area contributed by atoms with Gasteiger partial charge in [0.15, 0.2) is 0 Å². The van der Waals surface area contributed by atoms with E-state index < -0.39 is 14.8 Å². The van der Waals surface area contributed by atoms with Crippen molar-refractivity contribution in [1.29, 1.82) is 0 Å². The van der Waals surface area contributed by atoms with Gasteiger partial charge in [0.05, 0.1) is 5.52 Å². The third-order valence-electron chi connectivity index (χ3n) is 3.94. The van der Waals surface area contributed by atoms with Crippen LogP contribution in [0.15, 0.2) is 60.3 Å². The molecule has 21 heavy (non-hydrogen) atoms. The number of benzene rings is 1. The summed E-state index contributed by atoms with van der Waals surface area (Å²) in [4.78, 5) is 0. The lowest BCUT2D eigenvalue weighted by molar-refractivity contribution is 0.551. The molecule has 1 unspecified atom stereocenters.